The Balaban J connectivity index is 2.00. The highest BCUT2D eigenvalue weighted by atomic mass is 32.1. The predicted molar refractivity (Wildman–Crippen MR) is 82.9 cm³/mol. The maximum absolute atomic E-state index is 12.2. The highest BCUT2D eigenvalue weighted by Crippen LogP contribution is 2.25. The summed E-state index contributed by atoms with van der Waals surface area (Å²) in [7, 11) is 1.65. The number of thiophene rings is 1. The number of rotatable bonds is 4. The summed E-state index contributed by atoms with van der Waals surface area (Å²) in [6.07, 6.45) is 0.418. The van der Waals surface area contributed by atoms with Crippen LogP contribution in [0.5, 0.6) is 5.75 Å². The Morgan fingerprint density at radius 3 is 2.85 bits per heavy atom. The van der Waals surface area contributed by atoms with Crippen LogP contribution in [0.1, 0.15) is 15.9 Å². The zero-order valence-electron chi connectivity index (χ0n) is 11.1. The third-order valence-corrected chi connectivity index (χ3v) is 4.06. The normalized spacial score (nSPS) is 10.7. The van der Waals surface area contributed by atoms with Crippen LogP contribution in [0.25, 0.3) is 10.8 Å². The van der Waals surface area contributed by atoms with Gasteiger partial charge in [0.1, 0.15) is 5.75 Å². The minimum absolute atomic E-state index is 0.154. The van der Waals surface area contributed by atoms with Gasteiger partial charge >= 0.3 is 0 Å². The van der Waals surface area contributed by atoms with Crippen molar-refractivity contribution in [2.24, 2.45) is 0 Å². The van der Waals surface area contributed by atoms with Gasteiger partial charge in [-0.25, -0.2) is 0 Å². The first kappa shape index (κ1) is 12.9. The lowest BCUT2D eigenvalue weighted by atomic mass is 9.98. The van der Waals surface area contributed by atoms with Crippen LogP contribution in [0.2, 0.25) is 0 Å². The molecule has 0 saturated heterocycles. The second-order valence-corrected chi connectivity index (χ2v) is 5.40. The van der Waals surface area contributed by atoms with Crippen molar-refractivity contribution in [1.29, 1.82) is 0 Å². The number of hydrogen-bond donors (Lipinski definition) is 0. The molecule has 20 heavy (non-hydrogen) atoms. The van der Waals surface area contributed by atoms with Crippen LogP contribution in [0.15, 0.2) is 53.2 Å². The van der Waals surface area contributed by atoms with Gasteiger partial charge in [-0.05, 0) is 39.9 Å². The van der Waals surface area contributed by atoms with E-state index in [1.165, 1.54) is 0 Å². The molecule has 0 aliphatic rings. The zero-order chi connectivity index (χ0) is 13.9. The van der Waals surface area contributed by atoms with Crippen molar-refractivity contribution in [3.05, 3.63) is 64.4 Å². The maximum atomic E-state index is 12.2. The molecule has 0 spiro atoms. The number of ketones is 1. The zero-order valence-corrected chi connectivity index (χ0v) is 11.9. The first-order valence-electron chi connectivity index (χ1n) is 6.39. The van der Waals surface area contributed by atoms with E-state index in [1.54, 1.807) is 18.4 Å². The molecule has 0 aliphatic heterocycles. The molecular formula is C17H14O2S. The van der Waals surface area contributed by atoms with E-state index in [4.69, 9.17) is 4.74 Å². The van der Waals surface area contributed by atoms with E-state index in [9.17, 15) is 4.79 Å². The van der Waals surface area contributed by atoms with E-state index < -0.39 is 0 Å². The Morgan fingerprint density at radius 2 is 2.10 bits per heavy atom. The first-order chi connectivity index (χ1) is 9.78. The van der Waals surface area contributed by atoms with Gasteiger partial charge in [0.2, 0.25) is 0 Å². The lowest BCUT2D eigenvalue weighted by molar-refractivity contribution is 0.0994. The highest BCUT2D eigenvalue weighted by Gasteiger charge is 2.10. The molecule has 3 aromatic rings. The van der Waals surface area contributed by atoms with Gasteiger partial charge < -0.3 is 4.74 Å². The van der Waals surface area contributed by atoms with Crippen molar-refractivity contribution in [3.8, 4) is 5.75 Å². The van der Waals surface area contributed by atoms with E-state index in [1.807, 2.05) is 53.2 Å². The lowest BCUT2D eigenvalue weighted by Crippen LogP contribution is -2.02. The molecule has 3 rings (SSSR count). The van der Waals surface area contributed by atoms with Crippen molar-refractivity contribution in [1.82, 2.24) is 0 Å². The molecule has 0 radical (unpaired) electrons. The lowest BCUT2D eigenvalue weighted by Gasteiger charge is -2.07. The minimum atomic E-state index is 0.154. The molecule has 0 saturated carbocycles. The van der Waals surface area contributed by atoms with Crippen molar-refractivity contribution < 1.29 is 9.53 Å². The fourth-order valence-corrected chi connectivity index (χ4v) is 2.96. The molecule has 100 valence electrons. The fourth-order valence-electron chi connectivity index (χ4n) is 2.30. The van der Waals surface area contributed by atoms with Gasteiger partial charge in [0.15, 0.2) is 5.78 Å². The van der Waals surface area contributed by atoms with Gasteiger partial charge in [0.05, 0.1) is 7.11 Å². The highest BCUT2D eigenvalue weighted by molar-refractivity contribution is 7.08. The van der Waals surface area contributed by atoms with Crippen LogP contribution < -0.4 is 4.74 Å². The Hall–Kier alpha value is -2.13. The molecule has 2 aromatic carbocycles. The summed E-state index contributed by atoms with van der Waals surface area (Å²) in [4.78, 5) is 12.2. The summed E-state index contributed by atoms with van der Waals surface area (Å²) < 4.78 is 5.27. The first-order valence-corrected chi connectivity index (χ1v) is 7.33. The summed E-state index contributed by atoms with van der Waals surface area (Å²) >= 11 is 1.55. The number of Topliss-reactive ketones (excluding diaryl/α,β-unsaturated/α-hetero) is 1. The van der Waals surface area contributed by atoms with Crippen LogP contribution in [0.4, 0.5) is 0 Å². The second-order valence-electron chi connectivity index (χ2n) is 4.62. The van der Waals surface area contributed by atoms with Crippen molar-refractivity contribution in [2.45, 2.75) is 6.42 Å². The van der Waals surface area contributed by atoms with Gasteiger partial charge in [0.25, 0.3) is 0 Å². The van der Waals surface area contributed by atoms with Crippen molar-refractivity contribution in [2.75, 3.05) is 7.11 Å². The number of carbonyl (C=O) groups is 1. The molecule has 0 aliphatic carbocycles. The Kier molecular flexibility index (Phi) is 3.52. The number of methoxy groups -OCH3 is 1. The van der Waals surface area contributed by atoms with Crippen LogP contribution in [-0.2, 0) is 6.42 Å². The van der Waals surface area contributed by atoms with Gasteiger partial charge in [-0.3, -0.25) is 4.79 Å². The molecular weight excluding hydrogens is 268 g/mol. The number of hydrogen-bond acceptors (Lipinski definition) is 3. The van der Waals surface area contributed by atoms with Crippen LogP contribution in [-0.4, -0.2) is 12.9 Å². The smallest absolute Gasteiger partial charge is 0.168 e. The molecule has 0 atom stereocenters. The largest absolute Gasteiger partial charge is 0.497 e. The van der Waals surface area contributed by atoms with E-state index in [0.717, 1.165) is 27.6 Å². The van der Waals surface area contributed by atoms with Gasteiger partial charge in [0, 0.05) is 17.4 Å². The fraction of sp³-hybridized carbons (Fsp3) is 0.118. The van der Waals surface area contributed by atoms with E-state index in [2.05, 4.69) is 0 Å². The quantitative estimate of drug-likeness (QED) is 0.666. The number of fused-ring (bicyclic) bond motifs is 1. The predicted octanol–water partition coefficient (Wildman–Crippen LogP) is 4.34. The minimum Gasteiger partial charge on any atom is -0.497 e. The molecule has 0 fully saturated rings. The SMILES string of the molecule is COc1ccc2cccc(CC(=O)c3ccsc3)c2c1. The third kappa shape index (κ3) is 2.45. The summed E-state index contributed by atoms with van der Waals surface area (Å²) in [5, 5.41) is 6.03. The van der Waals surface area contributed by atoms with Crippen molar-refractivity contribution >= 4 is 27.9 Å². The summed E-state index contributed by atoms with van der Waals surface area (Å²) in [5.41, 5.74) is 1.83. The number of benzene rings is 2. The standard InChI is InChI=1S/C17H14O2S/c1-19-15-6-5-12-3-2-4-13(16(12)10-15)9-17(18)14-7-8-20-11-14/h2-8,10-11H,9H2,1H3. The monoisotopic (exact) mass is 282 g/mol. The molecule has 1 heterocycles. The summed E-state index contributed by atoms with van der Waals surface area (Å²) in [5.74, 6) is 0.967. The summed E-state index contributed by atoms with van der Waals surface area (Å²) in [6.45, 7) is 0. The van der Waals surface area contributed by atoms with Crippen LogP contribution in [0.3, 0.4) is 0 Å². The summed E-state index contributed by atoms with van der Waals surface area (Å²) in [6, 6.07) is 13.9. The van der Waals surface area contributed by atoms with Gasteiger partial charge in [-0.15, -0.1) is 0 Å². The Morgan fingerprint density at radius 1 is 1.20 bits per heavy atom. The number of carbonyl (C=O) groups excluding carboxylic acids is 1. The van der Waals surface area contributed by atoms with E-state index in [0.29, 0.717) is 6.42 Å². The second kappa shape index (κ2) is 5.47. The van der Waals surface area contributed by atoms with Gasteiger partial charge in [-0.2, -0.15) is 11.3 Å². The van der Waals surface area contributed by atoms with E-state index in [-0.39, 0.29) is 5.78 Å². The molecule has 1 aromatic heterocycles. The molecule has 0 amide bonds. The average molecular weight is 282 g/mol. The average Bonchev–Trinajstić information content (AvgIpc) is 3.01. The number of ether oxygens (including phenoxy) is 1. The van der Waals surface area contributed by atoms with Crippen LogP contribution >= 0.6 is 11.3 Å². The molecule has 3 heteroatoms. The maximum Gasteiger partial charge on any atom is 0.168 e. The van der Waals surface area contributed by atoms with E-state index >= 15 is 0 Å². The van der Waals surface area contributed by atoms with Crippen molar-refractivity contribution in [3.63, 3.8) is 0 Å². The molecule has 0 N–H and O–H groups in total. The van der Waals surface area contributed by atoms with Gasteiger partial charge in [-0.1, -0.05) is 24.3 Å². The molecule has 2 nitrogen and oxygen atoms in total. The Bertz CT molecular complexity index is 745. The van der Waals surface area contributed by atoms with Crippen LogP contribution in [0, 0.1) is 0 Å². The third-order valence-electron chi connectivity index (χ3n) is 3.37. The molecule has 0 unspecified atom stereocenters. The topological polar surface area (TPSA) is 26.3 Å². The Labute approximate surface area is 121 Å². The molecule has 0 bridgehead atoms.